The van der Waals surface area contributed by atoms with Crippen molar-refractivity contribution < 1.29 is 4.79 Å². The molecular formula is C12H13ClN2O. The number of carbonyl (C=O) groups is 1. The molecule has 2 rings (SSSR count). The monoisotopic (exact) mass is 236 g/mol. The minimum Gasteiger partial charge on any atom is -0.299 e. The molecule has 3 nitrogen and oxygen atoms in total. The first-order chi connectivity index (χ1) is 7.66. The van der Waals surface area contributed by atoms with E-state index in [1.54, 1.807) is 12.1 Å². The normalized spacial score (nSPS) is 14.3. The second-order valence-corrected chi connectivity index (χ2v) is 4.31. The van der Waals surface area contributed by atoms with E-state index < -0.39 is 0 Å². The van der Waals surface area contributed by atoms with E-state index in [0.717, 1.165) is 18.4 Å². The Morgan fingerprint density at radius 1 is 1.25 bits per heavy atom. The van der Waals surface area contributed by atoms with Crippen LogP contribution in [-0.4, -0.2) is 5.91 Å². The van der Waals surface area contributed by atoms with Gasteiger partial charge in [-0.25, -0.2) is 0 Å². The fourth-order valence-electron chi connectivity index (χ4n) is 1.31. The predicted molar refractivity (Wildman–Crippen MR) is 64.5 cm³/mol. The number of amides is 1. The number of carbonyl (C=O) groups excluding carboxylic acids is 1. The van der Waals surface area contributed by atoms with Gasteiger partial charge >= 0.3 is 0 Å². The lowest BCUT2D eigenvalue weighted by atomic mass is 10.2. The molecule has 1 aromatic rings. The van der Waals surface area contributed by atoms with Gasteiger partial charge in [-0.3, -0.25) is 15.6 Å². The lowest BCUT2D eigenvalue weighted by molar-refractivity contribution is -0.122. The molecule has 0 heterocycles. The van der Waals surface area contributed by atoms with E-state index in [-0.39, 0.29) is 11.8 Å². The van der Waals surface area contributed by atoms with Crippen molar-refractivity contribution in [3.05, 3.63) is 41.4 Å². The van der Waals surface area contributed by atoms with Gasteiger partial charge in [-0.1, -0.05) is 30.3 Å². The number of benzene rings is 1. The molecule has 1 saturated carbocycles. The van der Waals surface area contributed by atoms with Gasteiger partial charge in [0.05, 0.1) is 5.70 Å². The Kier molecular flexibility index (Phi) is 3.15. The Balaban J connectivity index is 1.87. The zero-order valence-electron chi connectivity index (χ0n) is 8.79. The first kappa shape index (κ1) is 11.0. The molecule has 2 N–H and O–H groups in total. The molecule has 1 aliphatic carbocycles. The van der Waals surface area contributed by atoms with Crippen LogP contribution in [0.25, 0.3) is 5.70 Å². The maximum absolute atomic E-state index is 11.4. The lowest BCUT2D eigenvalue weighted by Crippen LogP contribution is -2.36. The van der Waals surface area contributed by atoms with Gasteiger partial charge in [-0.2, -0.15) is 0 Å². The Labute approximate surface area is 99.5 Å². The van der Waals surface area contributed by atoms with Crippen molar-refractivity contribution in [1.82, 2.24) is 10.9 Å². The van der Waals surface area contributed by atoms with Crippen molar-refractivity contribution in [1.29, 1.82) is 0 Å². The summed E-state index contributed by atoms with van der Waals surface area (Å²) in [5, 5.41) is 0.679. The number of halogens is 1. The second kappa shape index (κ2) is 4.58. The third kappa shape index (κ3) is 2.76. The summed E-state index contributed by atoms with van der Waals surface area (Å²) in [4.78, 5) is 11.4. The van der Waals surface area contributed by atoms with E-state index in [1.807, 2.05) is 12.1 Å². The van der Waals surface area contributed by atoms with Crippen LogP contribution in [0.4, 0.5) is 0 Å². The van der Waals surface area contributed by atoms with E-state index in [4.69, 9.17) is 11.6 Å². The summed E-state index contributed by atoms with van der Waals surface area (Å²) in [5.41, 5.74) is 7.00. The summed E-state index contributed by atoms with van der Waals surface area (Å²) in [6, 6.07) is 7.26. The molecule has 0 unspecified atom stereocenters. The quantitative estimate of drug-likeness (QED) is 0.788. The Bertz CT molecular complexity index is 410. The lowest BCUT2D eigenvalue weighted by Gasteiger charge is -2.10. The summed E-state index contributed by atoms with van der Waals surface area (Å²) in [5.74, 6) is 0.223. The summed E-state index contributed by atoms with van der Waals surface area (Å²) in [6.07, 6.45) is 1.97. The summed E-state index contributed by atoms with van der Waals surface area (Å²) >= 11 is 5.77. The van der Waals surface area contributed by atoms with E-state index >= 15 is 0 Å². The highest BCUT2D eigenvalue weighted by molar-refractivity contribution is 6.30. The Morgan fingerprint density at radius 3 is 2.44 bits per heavy atom. The molecule has 0 spiro atoms. The number of nitrogens with one attached hydrogen (secondary N) is 2. The van der Waals surface area contributed by atoms with Crippen LogP contribution in [0.1, 0.15) is 18.4 Å². The molecule has 1 aromatic carbocycles. The maximum Gasteiger partial charge on any atom is 0.241 e. The van der Waals surface area contributed by atoms with Crippen LogP contribution in [0.2, 0.25) is 5.02 Å². The highest BCUT2D eigenvalue weighted by atomic mass is 35.5. The highest BCUT2D eigenvalue weighted by Crippen LogP contribution is 2.28. The Hall–Kier alpha value is -1.48. The number of hydrazine groups is 1. The molecule has 0 atom stereocenters. The molecule has 16 heavy (non-hydrogen) atoms. The number of hydrogen-bond acceptors (Lipinski definition) is 2. The van der Waals surface area contributed by atoms with Gasteiger partial charge in [0.25, 0.3) is 0 Å². The third-order valence-electron chi connectivity index (χ3n) is 2.48. The van der Waals surface area contributed by atoms with Gasteiger partial charge in [-0.05, 0) is 30.5 Å². The van der Waals surface area contributed by atoms with Crippen molar-refractivity contribution in [2.75, 3.05) is 0 Å². The van der Waals surface area contributed by atoms with Crippen molar-refractivity contribution in [2.24, 2.45) is 5.92 Å². The van der Waals surface area contributed by atoms with Crippen LogP contribution in [0.5, 0.6) is 0 Å². The molecule has 0 bridgehead atoms. The predicted octanol–water partition coefficient (Wildman–Crippen LogP) is 2.34. The molecule has 4 heteroatoms. The van der Waals surface area contributed by atoms with Crippen LogP contribution >= 0.6 is 11.6 Å². The first-order valence-corrected chi connectivity index (χ1v) is 5.55. The molecule has 0 aromatic heterocycles. The van der Waals surface area contributed by atoms with Crippen LogP contribution in [0.3, 0.4) is 0 Å². The summed E-state index contributed by atoms with van der Waals surface area (Å²) < 4.78 is 0. The van der Waals surface area contributed by atoms with Gasteiger partial charge < -0.3 is 0 Å². The molecule has 0 radical (unpaired) electrons. The van der Waals surface area contributed by atoms with Crippen LogP contribution in [0, 0.1) is 5.92 Å². The molecule has 1 amide bonds. The minimum absolute atomic E-state index is 0.0371. The first-order valence-electron chi connectivity index (χ1n) is 5.17. The van der Waals surface area contributed by atoms with E-state index in [9.17, 15) is 4.79 Å². The minimum atomic E-state index is 0.0371. The summed E-state index contributed by atoms with van der Waals surface area (Å²) in [6.45, 7) is 3.84. The fraction of sp³-hybridized carbons (Fsp3) is 0.250. The molecule has 1 fully saturated rings. The van der Waals surface area contributed by atoms with Crippen molar-refractivity contribution >= 4 is 23.2 Å². The van der Waals surface area contributed by atoms with Crippen LogP contribution in [0.15, 0.2) is 30.8 Å². The molecule has 0 aliphatic heterocycles. The number of hydrogen-bond donors (Lipinski definition) is 2. The molecule has 0 saturated heterocycles. The fourth-order valence-corrected chi connectivity index (χ4v) is 1.43. The zero-order valence-corrected chi connectivity index (χ0v) is 9.55. The van der Waals surface area contributed by atoms with Gasteiger partial charge in [0.2, 0.25) is 5.91 Å². The standard InChI is InChI=1S/C12H13ClN2O/c1-8(9-4-6-11(13)7-5-9)14-15-12(16)10-2-3-10/h4-7,10,14H,1-3H2,(H,15,16). The van der Waals surface area contributed by atoms with Gasteiger partial charge in [0, 0.05) is 10.9 Å². The van der Waals surface area contributed by atoms with Crippen molar-refractivity contribution in [2.45, 2.75) is 12.8 Å². The average molecular weight is 237 g/mol. The largest absolute Gasteiger partial charge is 0.299 e. The molecule has 1 aliphatic rings. The Morgan fingerprint density at radius 2 is 1.88 bits per heavy atom. The average Bonchev–Trinajstić information content (AvgIpc) is 3.10. The number of rotatable bonds is 4. The van der Waals surface area contributed by atoms with E-state index in [1.165, 1.54) is 0 Å². The molecule has 84 valence electrons. The van der Waals surface area contributed by atoms with Gasteiger partial charge in [-0.15, -0.1) is 0 Å². The van der Waals surface area contributed by atoms with E-state index in [2.05, 4.69) is 17.4 Å². The maximum atomic E-state index is 11.4. The van der Waals surface area contributed by atoms with E-state index in [0.29, 0.717) is 10.7 Å². The van der Waals surface area contributed by atoms with Crippen molar-refractivity contribution in [3.8, 4) is 0 Å². The second-order valence-electron chi connectivity index (χ2n) is 3.87. The zero-order chi connectivity index (χ0) is 11.5. The van der Waals surface area contributed by atoms with Crippen LogP contribution in [-0.2, 0) is 4.79 Å². The highest BCUT2D eigenvalue weighted by Gasteiger charge is 2.29. The molecular weight excluding hydrogens is 224 g/mol. The van der Waals surface area contributed by atoms with Gasteiger partial charge in [0.1, 0.15) is 0 Å². The van der Waals surface area contributed by atoms with Gasteiger partial charge in [0.15, 0.2) is 0 Å². The van der Waals surface area contributed by atoms with Crippen LogP contribution < -0.4 is 10.9 Å². The topological polar surface area (TPSA) is 41.1 Å². The smallest absolute Gasteiger partial charge is 0.241 e. The van der Waals surface area contributed by atoms with Crippen molar-refractivity contribution in [3.63, 3.8) is 0 Å². The third-order valence-corrected chi connectivity index (χ3v) is 2.73. The summed E-state index contributed by atoms with van der Waals surface area (Å²) in [7, 11) is 0. The SMILES string of the molecule is C=C(NNC(=O)C1CC1)c1ccc(Cl)cc1.